The summed E-state index contributed by atoms with van der Waals surface area (Å²) in [7, 11) is 0. The summed E-state index contributed by atoms with van der Waals surface area (Å²) >= 11 is 4.91. The molecule has 0 atom stereocenters. The van der Waals surface area contributed by atoms with E-state index in [1.807, 2.05) is 12.1 Å². The molecule has 0 fully saturated rings. The molecule has 14 heavy (non-hydrogen) atoms. The first-order chi connectivity index (χ1) is 6.63. The maximum absolute atomic E-state index is 10.6. The van der Waals surface area contributed by atoms with Crippen molar-refractivity contribution in [1.82, 2.24) is 0 Å². The third-order valence-electron chi connectivity index (χ3n) is 1.62. The van der Waals surface area contributed by atoms with Gasteiger partial charge in [0.05, 0.1) is 0 Å². The number of thiocarbonyl (C=S) groups is 1. The minimum absolute atomic E-state index is 0.202. The molecule has 0 saturated carbocycles. The lowest BCUT2D eigenvalue weighted by molar-refractivity contribution is -0.132. The van der Waals surface area contributed by atoms with Gasteiger partial charge in [-0.1, -0.05) is 24.8 Å². The molecule has 0 aliphatic rings. The third kappa shape index (κ3) is 2.78. The largest absolute Gasteiger partial charge is 0.414 e. The van der Waals surface area contributed by atoms with Gasteiger partial charge in [-0.15, -0.1) is 0 Å². The maximum Gasteiger partial charge on any atom is 0.308 e. The Morgan fingerprint density at radius 2 is 2.00 bits per heavy atom. The van der Waals surface area contributed by atoms with E-state index in [0.717, 1.165) is 11.1 Å². The first-order valence-electron chi connectivity index (χ1n) is 4.08. The van der Waals surface area contributed by atoms with Crippen LogP contribution >= 0.6 is 12.2 Å². The summed E-state index contributed by atoms with van der Waals surface area (Å²) < 4.78 is 4.78. The lowest BCUT2D eigenvalue weighted by Gasteiger charge is -2.03. The number of carbonyl (C=O) groups excluding carboxylic acids is 1. The van der Waals surface area contributed by atoms with Crippen LogP contribution in [0.25, 0.3) is 6.08 Å². The molecule has 72 valence electrons. The van der Waals surface area contributed by atoms with Crippen molar-refractivity contribution >= 4 is 29.3 Å². The zero-order chi connectivity index (χ0) is 10.6. The van der Waals surface area contributed by atoms with Gasteiger partial charge in [0.2, 0.25) is 5.05 Å². The molecule has 0 amide bonds. The van der Waals surface area contributed by atoms with E-state index < -0.39 is 5.97 Å². The fourth-order valence-electron chi connectivity index (χ4n) is 0.945. The highest BCUT2D eigenvalue weighted by atomic mass is 32.1. The van der Waals surface area contributed by atoms with Crippen LogP contribution in [0.2, 0.25) is 0 Å². The molecule has 0 saturated heterocycles. The number of esters is 1. The van der Waals surface area contributed by atoms with E-state index in [1.54, 1.807) is 18.2 Å². The average molecular weight is 206 g/mol. The highest BCUT2D eigenvalue weighted by Gasteiger charge is 2.04. The predicted molar refractivity (Wildman–Crippen MR) is 60.0 cm³/mol. The Bertz CT molecular complexity index is 365. The molecule has 2 nitrogen and oxygen atoms in total. The first kappa shape index (κ1) is 10.6. The van der Waals surface area contributed by atoms with Crippen molar-refractivity contribution in [3.8, 4) is 0 Å². The molecule has 1 aromatic carbocycles. The van der Waals surface area contributed by atoms with E-state index in [-0.39, 0.29) is 5.05 Å². The second kappa shape index (κ2) is 4.67. The molecule has 1 aromatic rings. The van der Waals surface area contributed by atoms with Crippen LogP contribution in [0.15, 0.2) is 30.8 Å². The molecule has 0 N–H and O–H groups in total. The highest BCUT2D eigenvalue weighted by Crippen LogP contribution is 2.07. The zero-order valence-corrected chi connectivity index (χ0v) is 8.64. The van der Waals surface area contributed by atoms with Crippen LogP contribution in [0, 0.1) is 0 Å². The van der Waals surface area contributed by atoms with Crippen LogP contribution in [0.3, 0.4) is 0 Å². The second-order valence-corrected chi connectivity index (χ2v) is 3.08. The van der Waals surface area contributed by atoms with E-state index >= 15 is 0 Å². The van der Waals surface area contributed by atoms with Crippen LogP contribution in [-0.2, 0) is 9.53 Å². The number of ether oxygens (including phenoxy) is 1. The normalized spacial score (nSPS) is 9.21. The van der Waals surface area contributed by atoms with Crippen LogP contribution in [0.1, 0.15) is 18.1 Å². The van der Waals surface area contributed by atoms with E-state index in [2.05, 4.69) is 6.58 Å². The van der Waals surface area contributed by atoms with Crippen LogP contribution in [0.4, 0.5) is 0 Å². The number of benzene rings is 1. The minimum atomic E-state index is -0.400. The van der Waals surface area contributed by atoms with Gasteiger partial charge in [-0.05, 0) is 29.9 Å². The minimum Gasteiger partial charge on any atom is -0.414 e. The van der Waals surface area contributed by atoms with Gasteiger partial charge in [0.25, 0.3) is 0 Å². The Morgan fingerprint density at radius 1 is 1.43 bits per heavy atom. The standard InChI is InChI=1S/C11H10O2S/c1-3-9-4-6-10(7-5-9)11(14)13-8(2)12/h3-7H,1H2,2H3. The molecule has 0 aliphatic carbocycles. The van der Waals surface area contributed by atoms with Gasteiger partial charge in [-0.25, -0.2) is 0 Å². The predicted octanol–water partition coefficient (Wildman–Crippen LogP) is 2.57. The quantitative estimate of drug-likeness (QED) is 0.549. The molecule has 0 aliphatic heterocycles. The average Bonchev–Trinajstić information content (AvgIpc) is 2.17. The SMILES string of the molecule is C=Cc1ccc(C(=S)OC(C)=O)cc1. The third-order valence-corrected chi connectivity index (χ3v) is 1.94. The Labute approximate surface area is 88.2 Å². The first-order valence-corrected chi connectivity index (χ1v) is 4.49. The summed E-state index contributed by atoms with van der Waals surface area (Å²) in [5.74, 6) is -0.400. The van der Waals surface area contributed by atoms with Crippen LogP contribution < -0.4 is 0 Å². The van der Waals surface area contributed by atoms with E-state index in [1.165, 1.54) is 6.92 Å². The summed E-state index contributed by atoms with van der Waals surface area (Å²) in [5, 5.41) is 0.202. The van der Waals surface area contributed by atoms with Crippen LogP contribution in [0.5, 0.6) is 0 Å². The maximum atomic E-state index is 10.6. The lowest BCUT2D eigenvalue weighted by atomic mass is 10.1. The summed E-state index contributed by atoms with van der Waals surface area (Å²) in [6.07, 6.45) is 1.73. The van der Waals surface area contributed by atoms with Gasteiger partial charge in [-0.2, -0.15) is 0 Å². The fourth-order valence-corrected chi connectivity index (χ4v) is 1.20. The van der Waals surface area contributed by atoms with Gasteiger partial charge in [0.15, 0.2) is 0 Å². The van der Waals surface area contributed by atoms with Crippen LogP contribution in [-0.4, -0.2) is 11.0 Å². The number of rotatable bonds is 2. The van der Waals surface area contributed by atoms with E-state index in [9.17, 15) is 4.79 Å². The van der Waals surface area contributed by atoms with Crippen molar-refractivity contribution in [2.24, 2.45) is 0 Å². The van der Waals surface area contributed by atoms with Crippen molar-refractivity contribution in [2.45, 2.75) is 6.92 Å². The molecule has 3 heteroatoms. The Morgan fingerprint density at radius 3 is 2.43 bits per heavy atom. The van der Waals surface area contributed by atoms with Crippen molar-refractivity contribution in [3.05, 3.63) is 42.0 Å². The molecule has 0 spiro atoms. The summed E-state index contributed by atoms with van der Waals surface area (Å²) in [6.45, 7) is 4.96. The Balaban J connectivity index is 2.81. The topological polar surface area (TPSA) is 26.3 Å². The Kier molecular flexibility index (Phi) is 3.54. The van der Waals surface area contributed by atoms with Gasteiger partial charge in [0.1, 0.15) is 0 Å². The van der Waals surface area contributed by atoms with Crippen molar-refractivity contribution in [2.75, 3.05) is 0 Å². The van der Waals surface area contributed by atoms with Gasteiger partial charge < -0.3 is 4.74 Å². The summed E-state index contributed by atoms with van der Waals surface area (Å²) in [5.41, 5.74) is 1.72. The molecule has 0 bridgehead atoms. The van der Waals surface area contributed by atoms with Crippen molar-refractivity contribution in [1.29, 1.82) is 0 Å². The van der Waals surface area contributed by atoms with Gasteiger partial charge in [0, 0.05) is 12.5 Å². The zero-order valence-electron chi connectivity index (χ0n) is 7.82. The van der Waals surface area contributed by atoms with Crippen molar-refractivity contribution in [3.63, 3.8) is 0 Å². The molecule has 0 radical (unpaired) electrons. The summed E-state index contributed by atoms with van der Waals surface area (Å²) in [6, 6.07) is 7.31. The molecular weight excluding hydrogens is 196 g/mol. The van der Waals surface area contributed by atoms with Crippen molar-refractivity contribution < 1.29 is 9.53 Å². The molecule has 1 rings (SSSR count). The number of hydrogen-bond acceptors (Lipinski definition) is 3. The van der Waals surface area contributed by atoms with E-state index in [4.69, 9.17) is 17.0 Å². The smallest absolute Gasteiger partial charge is 0.308 e. The molecule has 0 heterocycles. The number of carbonyl (C=O) groups is 1. The molecule has 0 unspecified atom stereocenters. The lowest BCUT2D eigenvalue weighted by Crippen LogP contribution is -2.07. The molecular formula is C11H10O2S. The summed E-state index contributed by atoms with van der Waals surface area (Å²) in [4.78, 5) is 10.6. The second-order valence-electron chi connectivity index (χ2n) is 2.71. The van der Waals surface area contributed by atoms with E-state index in [0.29, 0.717) is 0 Å². The van der Waals surface area contributed by atoms with Gasteiger partial charge in [-0.3, -0.25) is 4.79 Å². The Hall–Kier alpha value is -1.48. The molecule has 0 aromatic heterocycles. The highest BCUT2D eigenvalue weighted by molar-refractivity contribution is 7.80. The fraction of sp³-hybridized carbons (Fsp3) is 0.0909. The monoisotopic (exact) mass is 206 g/mol. The van der Waals surface area contributed by atoms with Gasteiger partial charge >= 0.3 is 5.97 Å². The number of hydrogen-bond donors (Lipinski definition) is 0.